The SMILES string of the molecule is CNc1nnc(SCc2ncon2)s1. The summed E-state index contributed by atoms with van der Waals surface area (Å²) in [6.07, 6.45) is 1.31. The Balaban J connectivity index is 1.92. The number of nitrogens with one attached hydrogen (secondary N) is 1. The summed E-state index contributed by atoms with van der Waals surface area (Å²) in [5, 5.41) is 15.3. The molecule has 0 saturated heterocycles. The van der Waals surface area contributed by atoms with E-state index < -0.39 is 0 Å². The van der Waals surface area contributed by atoms with Gasteiger partial charge in [-0.05, 0) is 0 Å². The highest BCUT2D eigenvalue weighted by molar-refractivity contribution is 8.00. The van der Waals surface area contributed by atoms with Crippen molar-refractivity contribution in [1.29, 1.82) is 0 Å². The molecule has 0 fully saturated rings. The predicted molar refractivity (Wildman–Crippen MR) is 53.3 cm³/mol. The van der Waals surface area contributed by atoms with E-state index >= 15 is 0 Å². The Bertz CT molecular complexity index is 387. The maximum absolute atomic E-state index is 4.61. The Labute approximate surface area is 88.1 Å². The molecule has 0 bridgehead atoms. The van der Waals surface area contributed by atoms with Crippen LogP contribution < -0.4 is 5.32 Å². The number of thioether (sulfide) groups is 1. The second kappa shape index (κ2) is 4.38. The molecule has 0 unspecified atom stereocenters. The van der Waals surface area contributed by atoms with Gasteiger partial charge in [-0.1, -0.05) is 28.3 Å². The van der Waals surface area contributed by atoms with E-state index in [9.17, 15) is 0 Å². The van der Waals surface area contributed by atoms with Crippen molar-refractivity contribution < 1.29 is 4.52 Å². The summed E-state index contributed by atoms with van der Waals surface area (Å²) in [4.78, 5) is 3.90. The molecule has 2 aromatic heterocycles. The molecule has 0 aliphatic rings. The Hall–Kier alpha value is -1.15. The molecular formula is C6H7N5OS2. The van der Waals surface area contributed by atoms with Gasteiger partial charge in [-0.3, -0.25) is 0 Å². The summed E-state index contributed by atoms with van der Waals surface area (Å²) in [7, 11) is 1.81. The molecule has 0 aliphatic heterocycles. The van der Waals surface area contributed by atoms with Crippen LogP contribution in [-0.4, -0.2) is 27.4 Å². The highest BCUT2D eigenvalue weighted by atomic mass is 32.2. The van der Waals surface area contributed by atoms with E-state index in [-0.39, 0.29) is 0 Å². The van der Waals surface area contributed by atoms with Gasteiger partial charge in [0.1, 0.15) is 0 Å². The quantitative estimate of drug-likeness (QED) is 0.791. The molecule has 2 aromatic rings. The lowest BCUT2D eigenvalue weighted by molar-refractivity contribution is 0.412. The first-order valence-electron chi connectivity index (χ1n) is 3.78. The maximum atomic E-state index is 4.61. The number of hydrogen-bond donors (Lipinski definition) is 1. The number of anilines is 1. The molecule has 0 atom stereocenters. The molecule has 2 heterocycles. The lowest BCUT2D eigenvalue weighted by atomic mass is 10.7. The zero-order valence-electron chi connectivity index (χ0n) is 7.30. The largest absolute Gasteiger partial charge is 0.363 e. The fraction of sp³-hybridized carbons (Fsp3) is 0.333. The molecule has 0 aromatic carbocycles. The molecule has 0 amide bonds. The van der Waals surface area contributed by atoms with Crippen LogP contribution in [0.4, 0.5) is 5.13 Å². The van der Waals surface area contributed by atoms with Crippen molar-refractivity contribution in [2.45, 2.75) is 10.1 Å². The van der Waals surface area contributed by atoms with E-state index in [1.807, 2.05) is 7.05 Å². The standard InChI is InChI=1S/C6H7N5OS2/c1-7-5-9-10-6(14-5)13-2-4-8-3-12-11-4/h3H,2H2,1H3,(H,7,9). The Morgan fingerprint density at radius 3 is 3.14 bits per heavy atom. The number of hydrogen-bond acceptors (Lipinski definition) is 8. The van der Waals surface area contributed by atoms with E-state index in [4.69, 9.17) is 0 Å². The Morgan fingerprint density at radius 2 is 2.50 bits per heavy atom. The first kappa shape index (κ1) is 9.41. The monoisotopic (exact) mass is 229 g/mol. The van der Waals surface area contributed by atoms with Crippen molar-refractivity contribution in [1.82, 2.24) is 20.3 Å². The number of nitrogens with zero attached hydrogens (tertiary/aromatic N) is 4. The first-order chi connectivity index (χ1) is 6.88. The van der Waals surface area contributed by atoms with Gasteiger partial charge < -0.3 is 9.84 Å². The van der Waals surface area contributed by atoms with Crippen LogP contribution in [0.2, 0.25) is 0 Å². The average molecular weight is 229 g/mol. The van der Waals surface area contributed by atoms with Crippen LogP contribution in [0, 0.1) is 0 Å². The molecular weight excluding hydrogens is 222 g/mol. The lowest BCUT2D eigenvalue weighted by Crippen LogP contribution is -1.84. The fourth-order valence-corrected chi connectivity index (χ4v) is 2.31. The van der Waals surface area contributed by atoms with Crippen molar-refractivity contribution in [2.75, 3.05) is 12.4 Å². The van der Waals surface area contributed by atoms with Crippen LogP contribution in [0.3, 0.4) is 0 Å². The van der Waals surface area contributed by atoms with Crippen LogP contribution in [0.1, 0.15) is 5.82 Å². The van der Waals surface area contributed by atoms with Crippen LogP contribution in [0.25, 0.3) is 0 Å². The Morgan fingerprint density at radius 1 is 1.57 bits per heavy atom. The van der Waals surface area contributed by atoms with E-state index in [1.165, 1.54) is 29.5 Å². The zero-order chi connectivity index (χ0) is 9.80. The summed E-state index contributed by atoms with van der Waals surface area (Å²) in [6.45, 7) is 0. The molecule has 0 aliphatic carbocycles. The van der Waals surface area contributed by atoms with Gasteiger partial charge in [0.15, 0.2) is 10.2 Å². The number of rotatable bonds is 4. The number of aromatic nitrogens is 4. The zero-order valence-corrected chi connectivity index (χ0v) is 8.93. The van der Waals surface area contributed by atoms with Gasteiger partial charge in [0.05, 0.1) is 5.75 Å². The second-order valence-electron chi connectivity index (χ2n) is 2.26. The van der Waals surface area contributed by atoms with Crippen LogP contribution in [-0.2, 0) is 5.75 Å². The van der Waals surface area contributed by atoms with E-state index in [1.54, 1.807) is 0 Å². The topological polar surface area (TPSA) is 76.7 Å². The van der Waals surface area contributed by atoms with Gasteiger partial charge in [0.25, 0.3) is 0 Å². The average Bonchev–Trinajstić information content (AvgIpc) is 2.86. The minimum absolute atomic E-state index is 0.648. The summed E-state index contributed by atoms with van der Waals surface area (Å²) in [5.41, 5.74) is 0. The molecule has 6 nitrogen and oxygen atoms in total. The molecule has 0 saturated carbocycles. The smallest absolute Gasteiger partial charge is 0.213 e. The van der Waals surface area contributed by atoms with Crippen LogP contribution in [0.5, 0.6) is 0 Å². The predicted octanol–water partition coefficient (Wildman–Crippen LogP) is 1.26. The Kier molecular flexibility index (Phi) is 2.94. The third-order valence-corrected chi connectivity index (χ3v) is 3.42. The third-order valence-electron chi connectivity index (χ3n) is 1.35. The van der Waals surface area contributed by atoms with Gasteiger partial charge in [-0.15, -0.1) is 10.2 Å². The van der Waals surface area contributed by atoms with Crippen LogP contribution in [0.15, 0.2) is 15.3 Å². The van der Waals surface area contributed by atoms with Gasteiger partial charge in [-0.25, -0.2) is 0 Å². The van der Waals surface area contributed by atoms with Gasteiger partial charge in [0, 0.05) is 7.05 Å². The second-order valence-corrected chi connectivity index (χ2v) is 4.46. The highest BCUT2D eigenvalue weighted by Crippen LogP contribution is 2.26. The molecule has 1 N–H and O–H groups in total. The van der Waals surface area contributed by atoms with Gasteiger partial charge in [0.2, 0.25) is 11.5 Å². The first-order valence-corrected chi connectivity index (χ1v) is 5.58. The maximum Gasteiger partial charge on any atom is 0.213 e. The summed E-state index contributed by atoms with van der Waals surface area (Å²) < 4.78 is 5.50. The van der Waals surface area contributed by atoms with Gasteiger partial charge >= 0.3 is 0 Å². The molecule has 0 spiro atoms. The van der Waals surface area contributed by atoms with E-state index in [2.05, 4.69) is 30.2 Å². The van der Waals surface area contributed by atoms with Crippen LogP contribution >= 0.6 is 23.1 Å². The highest BCUT2D eigenvalue weighted by Gasteiger charge is 2.05. The van der Waals surface area contributed by atoms with Crippen molar-refractivity contribution in [3.8, 4) is 0 Å². The molecule has 2 rings (SSSR count). The molecule has 14 heavy (non-hydrogen) atoms. The van der Waals surface area contributed by atoms with E-state index in [0.717, 1.165) is 9.47 Å². The van der Waals surface area contributed by atoms with Crippen molar-refractivity contribution in [2.24, 2.45) is 0 Å². The molecule has 8 heteroatoms. The third kappa shape index (κ3) is 2.20. The minimum atomic E-state index is 0.648. The van der Waals surface area contributed by atoms with E-state index in [0.29, 0.717) is 11.6 Å². The van der Waals surface area contributed by atoms with Crippen molar-refractivity contribution >= 4 is 28.2 Å². The lowest BCUT2D eigenvalue weighted by Gasteiger charge is -1.88. The van der Waals surface area contributed by atoms with Crippen molar-refractivity contribution in [3.05, 3.63) is 12.2 Å². The fourth-order valence-electron chi connectivity index (χ4n) is 0.751. The molecule has 74 valence electrons. The summed E-state index contributed by atoms with van der Waals surface area (Å²) in [6, 6.07) is 0. The van der Waals surface area contributed by atoms with Gasteiger partial charge in [-0.2, -0.15) is 4.98 Å². The normalized spacial score (nSPS) is 10.4. The summed E-state index contributed by atoms with van der Waals surface area (Å²) >= 11 is 3.03. The molecule has 0 radical (unpaired) electrons. The minimum Gasteiger partial charge on any atom is -0.363 e. The summed E-state index contributed by atoms with van der Waals surface area (Å²) in [5.74, 6) is 1.31. The van der Waals surface area contributed by atoms with Crippen molar-refractivity contribution in [3.63, 3.8) is 0 Å².